The number of hydrogen-bond donors (Lipinski definition) is 2. The SMILES string of the molecule is CC(C)NC(=O)N1CC[C@@H](CC(=O)O)[C@@H](CCN2C[C@H]3C[C@H](C2)c2cccc(=O)n2C3)C1. The lowest BCUT2D eigenvalue weighted by molar-refractivity contribution is -0.139. The van der Waals surface area contributed by atoms with Crippen LogP contribution in [0.4, 0.5) is 4.79 Å². The lowest BCUT2D eigenvalue weighted by Crippen LogP contribution is -2.51. The van der Waals surface area contributed by atoms with E-state index in [1.165, 1.54) is 0 Å². The van der Waals surface area contributed by atoms with Crippen LogP contribution in [0.5, 0.6) is 0 Å². The number of aliphatic carboxylic acids is 1. The molecular weight excluding hydrogens is 408 g/mol. The summed E-state index contributed by atoms with van der Waals surface area (Å²) in [5.74, 6) is 0.407. The van der Waals surface area contributed by atoms with Gasteiger partial charge in [-0.25, -0.2) is 4.79 Å². The average molecular weight is 445 g/mol. The minimum absolute atomic E-state index is 0.0478. The van der Waals surface area contributed by atoms with Gasteiger partial charge in [-0.15, -0.1) is 0 Å². The van der Waals surface area contributed by atoms with Crippen LogP contribution in [0.3, 0.4) is 0 Å². The first-order valence-electron chi connectivity index (χ1n) is 12.0. The van der Waals surface area contributed by atoms with Gasteiger partial charge in [-0.05, 0) is 63.5 Å². The quantitative estimate of drug-likeness (QED) is 0.701. The molecule has 2 bridgehead atoms. The zero-order valence-electron chi connectivity index (χ0n) is 19.2. The lowest BCUT2D eigenvalue weighted by Gasteiger charge is -2.44. The van der Waals surface area contributed by atoms with E-state index in [1.807, 2.05) is 29.4 Å². The van der Waals surface area contributed by atoms with Gasteiger partial charge in [0.05, 0.1) is 0 Å². The second-order valence-electron chi connectivity index (χ2n) is 10.2. The normalized spacial score (nSPS) is 27.8. The highest BCUT2D eigenvalue weighted by atomic mass is 16.4. The molecule has 2 amide bonds. The van der Waals surface area contributed by atoms with E-state index >= 15 is 0 Å². The van der Waals surface area contributed by atoms with Crippen molar-refractivity contribution in [1.82, 2.24) is 19.7 Å². The van der Waals surface area contributed by atoms with Gasteiger partial charge in [0.15, 0.2) is 0 Å². The van der Waals surface area contributed by atoms with E-state index < -0.39 is 5.97 Å². The van der Waals surface area contributed by atoms with Gasteiger partial charge in [0, 0.05) is 62.9 Å². The fourth-order valence-electron chi connectivity index (χ4n) is 5.95. The highest BCUT2D eigenvalue weighted by Crippen LogP contribution is 2.36. The van der Waals surface area contributed by atoms with Gasteiger partial charge in [-0.2, -0.15) is 0 Å². The number of rotatable bonds is 6. The number of nitrogens with one attached hydrogen (secondary N) is 1. The van der Waals surface area contributed by atoms with Crippen LogP contribution in [0.15, 0.2) is 23.0 Å². The van der Waals surface area contributed by atoms with Crippen molar-refractivity contribution >= 4 is 12.0 Å². The molecule has 8 nitrogen and oxygen atoms in total. The molecule has 4 atom stereocenters. The Kier molecular flexibility index (Phi) is 6.88. The van der Waals surface area contributed by atoms with Crippen molar-refractivity contribution < 1.29 is 14.7 Å². The number of carboxylic acids is 1. The highest BCUT2D eigenvalue weighted by molar-refractivity contribution is 5.74. The minimum Gasteiger partial charge on any atom is -0.481 e. The van der Waals surface area contributed by atoms with Crippen LogP contribution in [0.1, 0.15) is 51.1 Å². The number of urea groups is 1. The van der Waals surface area contributed by atoms with Crippen molar-refractivity contribution in [2.45, 2.75) is 58.0 Å². The summed E-state index contributed by atoms with van der Waals surface area (Å²) in [6, 6.07) is 5.63. The predicted molar refractivity (Wildman–Crippen MR) is 122 cm³/mol. The molecule has 8 heteroatoms. The van der Waals surface area contributed by atoms with Crippen LogP contribution in [0, 0.1) is 17.8 Å². The molecule has 1 aromatic heterocycles. The number of pyridine rings is 1. The van der Waals surface area contributed by atoms with Crippen LogP contribution < -0.4 is 10.9 Å². The summed E-state index contributed by atoms with van der Waals surface area (Å²) in [6.45, 7) is 8.75. The standard InChI is InChI=1S/C24H36N4O4/c1-16(2)25-24(32)27-9-7-18(11-23(30)31)19(15-27)6-8-26-12-17-10-20(14-26)21-4-3-5-22(29)28(21)13-17/h3-5,16-20H,6-15H2,1-2H3,(H,25,32)(H,30,31)/t17-,18+,19+,20-/m1/s1. The molecule has 4 heterocycles. The van der Waals surface area contributed by atoms with E-state index in [9.17, 15) is 19.5 Å². The Morgan fingerprint density at radius 1 is 1.16 bits per heavy atom. The molecule has 3 aliphatic rings. The number of nitrogens with zero attached hydrogens (tertiary/aromatic N) is 3. The third kappa shape index (κ3) is 5.17. The van der Waals surface area contributed by atoms with E-state index in [2.05, 4.69) is 16.3 Å². The molecule has 2 N–H and O–H groups in total. The van der Waals surface area contributed by atoms with Crippen molar-refractivity contribution in [2.75, 3.05) is 32.7 Å². The van der Waals surface area contributed by atoms with Crippen LogP contribution in [-0.4, -0.2) is 70.2 Å². The molecule has 2 fully saturated rings. The fraction of sp³-hybridized carbons (Fsp3) is 0.708. The van der Waals surface area contributed by atoms with E-state index in [4.69, 9.17) is 0 Å². The molecule has 0 unspecified atom stereocenters. The monoisotopic (exact) mass is 444 g/mol. The third-order valence-corrected chi connectivity index (χ3v) is 7.40. The van der Waals surface area contributed by atoms with Crippen molar-refractivity contribution in [2.24, 2.45) is 17.8 Å². The van der Waals surface area contributed by atoms with Crippen LogP contribution in [0.25, 0.3) is 0 Å². The van der Waals surface area contributed by atoms with Gasteiger partial charge in [0.1, 0.15) is 0 Å². The molecule has 3 aliphatic heterocycles. The molecule has 2 saturated heterocycles. The summed E-state index contributed by atoms with van der Waals surface area (Å²) in [5.41, 5.74) is 1.25. The second kappa shape index (κ2) is 9.65. The smallest absolute Gasteiger partial charge is 0.317 e. The number of likely N-dealkylation sites (tertiary alicyclic amines) is 2. The first-order chi connectivity index (χ1) is 15.3. The topological polar surface area (TPSA) is 94.9 Å². The maximum absolute atomic E-state index is 12.5. The Morgan fingerprint density at radius 3 is 2.72 bits per heavy atom. The summed E-state index contributed by atoms with van der Waals surface area (Å²) in [5, 5.41) is 12.4. The molecule has 0 radical (unpaired) electrons. The lowest BCUT2D eigenvalue weighted by atomic mass is 9.80. The van der Waals surface area contributed by atoms with E-state index in [-0.39, 0.29) is 35.9 Å². The van der Waals surface area contributed by atoms with E-state index in [1.54, 1.807) is 6.07 Å². The van der Waals surface area contributed by atoms with Crippen LogP contribution >= 0.6 is 0 Å². The molecular formula is C24H36N4O4. The Morgan fingerprint density at radius 2 is 1.97 bits per heavy atom. The van der Waals surface area contributed by atoms with Gasteiger partial charge < -0.3 is 24.8 Å². The Balaban J connectivity index is 1.39. The number of carbonyl (C=O) groups is 2. The van der Waals surface area contributed by atoms with E-state index in [0.29, 0.717) is 24.9 Å². The fourth-order valence-corrected chi connectivity index (χ4v) is 5.95. The van der Waals surface area contributed by atoms with Crippen molar-refractivity contribution in [3.63, 3.8) is 0 Å². The predicted octanol–water partition coefficient (Wildman–Crippen LogP) is 2.19. The summed E-state index contributed by atoms with van der Waals surface area (Å²) in [7, 11) is 0. The van der Waals surface area contributed by atoms with E-state index in [0.717, 1.165) is 51.1 Å². The first-order valence-corrected chi connectivity index (χ1v) is 12.0. The number of hydrogen-bond acceptors (Lipinski definition) is 4. The van der Waals surface area contributed by atoms with Gasteiger partial charge in [0.25, 0.3) is 5.56 Å². The number of aromatic nitrogens is 1. The summed E-state index contributed by atoms with van der Waals surface area (Å²) >= 11 is 0. The van der Waals surface area contributed by atoms with Gasteiger partial charge in [-0.3, -0.25) is 9.59 Å². The molecule has 0 spiro atoms. The Labute approximate surface area is 189 Å². The van der Waals surface area contributed by atoms with Gasteiger partial charge in [-0.1, -0.05) is 6.07 Å². The number of piperidine rings is 2. The summed E-state index contributed by atoms with van der Waals surface area (Å²) in [4.78, 5) is 40.5. The second-order valence-corrected chi connectivity index (χ2v) is 10.2. The zero-order chi connectivity index (χ0) is 22.8. The van der Waals surface area contributed by atoms with Crippen LogP contribution in [-0.2, 0) is 11.3 Å². The number of amides is 2. The molecule has 4 rings (SSSR count). The van der Waals surface area contributed by atoms with Gasteiger partial charge >= 0.3 is 12.0 Å². The Hall–Kier alpha value is -2.35. The molecule has 0 aliphatic carbocycles. The molecule has 176 valence electrons. The number of carboxylic acid groups (broad SMARTS) is 1. The molecule has 32 heavy (non-hydrogen) atoms. The molecule has 0 aromatic carbocycles. The minimum atomic E-state index is -0.755. The van der Waals surface area contributed by atoms with Crippen molar-refractivity contribution in [1.29, 1.82) is 0 Å². The summed E-state index contributed by atoms with van der Waals surface area (Å²) < 4.78 is 1.95. The highest BCUT2D eigenvalue weighted by Gasteiger charge is 2.36. The number of fused-ring (bicyclic) bond motifs is 4. The van der Waals surface area contributed by atoms with Crippen molar-refractivity contribution in [3.05, 3.63) is 34.2 Å². The largest absolute Gasteiger partial charge is 0.481 e. The molecule has 1 aromatic rings. The van der Waals surface area contributed by atoms with Gasteiger partial charge in [0.2, 0.25) is 0 Å². The van der Waals surface area contributed by atoms with Crippen LogP contribution in [0.2, 0.25) is 0 Å². The molecule has 0 saturated carbocycles. The van der Waals surface area contributed by atoms with Crippen molar-refractivity contribution in [3.8, 4) is 0 Å². The number of carbonyl (C=O) groups excluding carboxylic acids is 1. The Bertz CT molecular complexity index is 898. The maximum Gasteiger partial charge on any atom is 0.317 e. The third-order valence-electron chi connectivity index (χ3n) is 7.40. The zero-order valence-corrected chi connectivity index (χ0v) is 19.2. The summed E-state index contributed by atoms with van der Waals surface area (Å²) in [6.07, 6.45) is 2.94. The average Bonchev–Trinajstić information content (AvgIpc) is 2.73. The first kappa shape index (κ1) is 22.8. The maximum atomic E-state index is 12.5.